The molecule has 0 aromatic heterocycles. The third-order valence-electron chi connectivity index (χ3n) is 5.48. The Balaban J connectivity index is 1.79. The fraction of sp³-hybridized carbons (Fsp3) is 0.455. The van der Waals surface area contributed by atoms with Crippen LogP contribution in [0.4, 0.5) is 5.69 Å². The predicted octanol–water partition coefficient (Wildman–Crippen LogP) is 3.91. The van der Waals surface area contributed by atoms with E-state index in [0.29, 0.717) is 19.0 Å². The number of likely N-dealkylation sites (tertiary alicyclic amines) is 1. The highest BCUT2D eigenvalue weighted by atomic mass is 32.2. The summed E-state index contributed by atoms with van der Waals surface area (Å²) in [6, 6.07) is 15.3. The summed E-state index contributed by atoms with van der Waals surface area (Å²) in [5.74, 6) is 0.376. The van der Waals surface area contributed by atoms with Crippen molar-refractivity contribution < 1.29 is 13.3 Å². The van der Waals surface area contributed by atoms with Crippen molar-refractivity contribution in [1.82, 2.24) is 9.21 Å². The van der Waals surface area contributed by atoms with Crippen LogP contribution in [-0.2, 0) is 16.6 Å². The topological polar surface area (TPSA) is 83.8 Å². The maximum absolute atomic E-state index is 13.4. The monoisotopic (exact) mass is 431 g/mol. The average molecular weight is 432 g/mol. The quantitative estimate of drug-likeness (QED) is 0.444. The van der Waals surface area contributed by atoms with Crippen molar-refractivity contribution in [3.63, 3.8) is 0 Å². The maximum Gasteiger partial charge on any atom is 0.269 e. The molecule has 0 N–H and O–H groups in total. The lowest BCUT2D eigenvalue weighted by Gasteiger charge is -2.29. The maximum atomic E-state index is 13.4. The lowest BCUT2D eigenvalue weighted by atomic mass is 10.1. The lowest BCUT2D eigenvalue weighted by molar-refractivity contribution is -0.384. The first kappa shape index (κ1) is 22.4. The molecule has 1 saturated heterocycles. The van der Waals surface area contributed by atoms with Crippen LogP contribution in [0, 0.1) is 16.0 Å². The van der Waals surface area contributed by atoms with E-state index in [-0.39, 0.29) is 16.6 Å². The second-order valence-electron chi connectivity index (χ2n) is 8.21. The molecule has 0 radical (unpaired) electrons. The van der Waals surface area contributed by atoms with Crippen molar-refractivity contribution in [2.75, 3.05) is 19.6 Å². The molecule has 1 fully saturated rings. The Morgan fingerprint density at radius 3 is 2.40 bits per heavy atom. The molecule has 2 aromatic rings. The van der Waals surface area contributed by atoms with E-state index in [2.05, 4.69) is 30.9 Å². The molecule has 162 valence electrons. The van der Waals surface area contributed by atoms with Gasteiger partial charge in [0.15, 0.2) is 0 Å². The summed E-state index contributed by atoms with van der Waals surface area (Å²) in [4.78, 5) is 12.8. The van der Waals surface area contributed by atoms with E-state index >= 15 is 0 Å². The van der Waals surface area contributed by atoms with Crippen LogP contribution in [0.2, 0.25) is 0 Å². The SMILES string of the molecule is CC(C)CCN(C1CCN(Cc2ccccc2)C1)S(=O)(=O)c1ccc([N+](=O)[O-])cc1. The summed E-state index contributed by atoms with van der Waals surface area (Å²) < 4.78 is 28.4. The normalized spacial score (nSPS) is 17.7. The van der Waals surface area contributed by atoms with Gasteiger partial charge in [-0.2, -0.15) is 4.31 Å². The number of nitrogens with zero attached hydrogens (tertiary/aromatic N) is 3. The van der Waals surface area contributed by atoms with Gasteiger partial charge >= 0.3 is 0 Å². The molecule has 7 nitrogen and oxygen atoms in total. The zero-order valence-corrected chi connectivity index (χ0v) is 18.3. The summed E-state index contributed by atoms with van der Waals surface area (Å²) in [6.45, 7) is 6.92. The zero-order chi connectivity index (χ0) is 21.7. The summed E-state index contributed by atoms with van der Waals surface area (Å²) in [5.41, 5.74) is 1.10. The summed E-state index contributed by atoms with van der Waals surface area (Å²) in [6.07, 6.45) is 1.54. The number of sulfonamides is 1. The Morgan fingerprint density at radius 2 is 1.80 bits per heavy atom. The van der Waals surface area contributed by atoms with Gasteiger partial charge in [0, 0.05) is 44.4 Å². The highest BCUT2D eigenvalue weighted by molar-refractivity contribution is 7.89. The van der Waals surface area contributed by atoms with Gasteiger partial charge in [0.1, 0.15) is 0 Å². The molecule has 3 rings (SSSR count). The Hall–Kier alpha value is -2.29. The van der Waals surface area contributed by atoms with Gasteiger partial charge in [-0.05, 0) is 36.5 Å². The first-order chi connectivity index (χ1) is 14.3. The Labute approximate surface area is 178 Å². The molecule has 1 atom stereocenters. The zero-order valence-electron chi connectivity index (χ0n) is 17.5. The highest BCUT2D eigenvalue weighted by Crippen LogP contribution is 2.27. The minimum Gasteiger partial charge on any atom is -0.297 e. The van der Waals surface area contributed by atoms with Gasteiger partial charge in [-0.1, -0.05) is 44.2 Å². The Morgan fingerprint density at radius 1 is 1.13 bits per heavy atom. The second-order valence-corrected chi connectivity index (χ2v) is 10.1. The van der Waals surface area contributed by atoms with E-state index in [9.17, 15) is 18.5 Å². The molecule has 1 aliphatic heterocycles. The van der Waals surface area contributed by atoms with Crippen molar-refractivity contribution in [2.45, 2.75) is 44.2 Å². The third kappa shape index (κ3) is 5.44. The van der Waals surface area contributed by atoms with Gasteiger partial charge in [-0.15, -0.1) is 0 Å². The molecule has 0 saturated carbocycles. The van der Waals surface area contributed by atoms with Gasteiger partial charge in [0.25, 0.3) is 5.69 Å². The van der Waals surface area contributed by atoms with E-state index in [1.807, 2.05) is 18.2 Å². The van der Waals surface area contributed by atoms with Crippen LogP contribution >= 0.6 is 0 Å². The van der Waals surface area contributed by atoms with E-state index in [4.69, 9.17) is 0 Å². The van der Waals surface area contributed by atoms with Gasteiger partial charge < -0.3 is 0 Å². The highest BCUT2D eigenvalue weighted by Gasteiger charge is 2.35. The van der Waals surface area contributed by atoms with Crippen molar-refractivity contribution in [3.8, 4) is 0 Å². The Bertz CT molecular complexity index is 946. The van der Waals surface area contributed by atoms with Crippen LogP contribution in [0.25, 0.3) is 0 Å². The number of non-ortho nitro benzene ring substituents is 1. The summed E-state index contributed by atoms with van der Waals surface area (Å²) >= 11 is 0. The fourth-order valence-corrected chi connectivity index (χ4v) is 5.45. The van der Waals surface area contributed by atoms with Crippen molar-refractivity contribution >= 4 is 15.7 Å². The smallest absolute Gasteiger partial charge is 0.269 e. The Kier molecular flexibility index (Phi) is 7.23. The molecule has 8 heteroatoms. The lowest BCUT2D eigenvalue weighted by Crippen LogP contribution is -2.42. The molecule has 0 bridgehead atoms. The van der Waals surface area contributed by atoms with Crippen LogP contribution in [-0.4, -0.2) is 48.2 Å². The van der Waals surface area contributed by atoms with Crippen molar-refractivity contribution in [1.29, 1.82) is 0 Å². The molecular weight excluding hydrogens is 402 g/mol. The van der Waals surface area contributed by atoms with Crippen LogP contribution in [0.5, 0.6) is 0 Å². The van der Waals surface area contributed by atoms with E-state index < -0.39 is 14.9 Å². The number of nitro benzene ring substituents is 1. The second kappa shape index (κ2) is 9.68. The van der Waals surface area contributed by atoms with E-state index in [1.165, 1.54) is 29.8 Å². The van der Waals surface area contributed by atoms with Gasteiger partial charge in [0.2, 0.25) is 10.0 Å². The number of hydrogen-bond donors (Lipinski definition) is 0. The molecule has 0 spiro atoms. The summed E-state index contributed by atoms with van der Waals surface area (Å²) in [7, 11) is -3.73. The van der Waals surface area contributed by atoms with Crippen LogP contribution in [0.1, 0.15) is 32.3 Å². The average Bonchev–Trinajstić information content (AvgIpc) is 3.16. The van der Waals surface area contributed by atoms with Crippen LogP contribution in [0.15, 0.2) is 59.5 Å². The molecule has 30 heavy (non-hydrogen) atoms. The molecule has 2 aromatic carbocycles. The van der Waals surface area contributed by atoms with Gasteiger partial charge in [-0.3, -0.25) is 15.0 Å². The number of benzene rings is 2. The molecule has 1 aliphatic rings. The number of hydrogen-bond acceptors (Lipinski definition) is 5. The van der Waals surface area contributed by atoms with Crippen LogP contribution < -0.4 is 0 Å². The molecule has 1 unspecified atom stereocenters. The first-order valence-corrected chi connectivity index (χ1v) is 11.7. The van der Waals surface area contributed by atoms with Crippen LogP contribution in [0.3, 0.4) is 0 Å². The van der Waals surface area contributed by atoms with Crippen molar-refractivity contribution in [2.24, 2.45) is 5.92 Å². The molecule has 0 amide bonds. The fourth-order valence-electron chi connectivity index (χ4n) is 3.79. The minimum absolute atomic E-state index is 0.104. The van der Waals surface area contributed by atoms with E-state index in [0.717, 1.165) is 25.9 Å². The van der Waals surface area contributed by atoms with E-state index in [1.54, 1.807) is 4.31 Å². The number of rotatable bonds is 9. The largest absolute Gasteiger partial charge is 0.297 e. The molecule has 1 heterocycles. The van der Waals surface area contributed by atoms with Gasteiger partial charge in [0.05, 0.1) is 9.82 Å². The molecule has 0 aliphatic carbocycles. The van der Waals surface area contributed by atoms with Crippen molar-refractivity contribution in [3.05, 3.63) is 70.3 Å². The minimum atomic E-state index is -3.73. The number of nitro groups is 1. The third-order valence-corrected chi connectivity index (χ3v) is 7.45. The standard InChI is InChI=1S/C22H29N3O4S/c1-18(2)12-15-24(30(28,29)22-10-8-20(9-11-22)25(26)27)21-13-14-23(17-21)16-19-6-4-3-5-7-19/h3-11,18,21H,12-17H2,1-2H3. The molecular formula is C22H29N3O4S. The summed E-state index contributed by atoms with van der Waals surface area (Å²) in [5, 5.41) is 10.9. The van der Waals surface area contributed by atoms with Gasteiger partial charge in [-0.25, -0.2) is 8.42 Å². The first-order valence-electron chi connectivity index (χ1n) is 10.3. The predicted molar refractivity (Wildman–Crippen MR) is 117 cm³/mol.